The van der Waals surface area contributed by atoms with Gasteiger partial charge in [-0.2, -0.15) is 0 Å². The third-order valence-corrected chi connectivity index (χ3v) is 13.1. The fourth-order valence-corrected chi connectivity index (χ4v) is 9.83. The van der Waals surface area contributed by atoms with E-state index in [4.69, 9.17) is 4.74 Å². The summed E-state index contributed by atoms with van der Waals surface area (Å²) in [4.78, 5) is 11.9. The van der Waals surface area contributed by atoms with E-state index in [1.54, 1.807) is 0 Å². The third kappa shape index (κ3) is 4.84. The van der Waals surface area contributed by atoms with Gasteiger partial charge in [-0.3, -0.25) is 0 Å². The molecule has 4 fully saturated rings. The Morgan fingerprint density at radius 2 is 1.69 bits per heavy atom. The molecule has 0 aromatic carbocycles. The Hall–Kier alpha value is -0.860. The summed E-state index contributed by atoms with van der Waals surface area (Å²) in [7, 11) is -3.68. The predicted molar refractivity (Wildman–Crippen MR) is 140 cm³/mol. The van der Waals surface area contributed by atoms with Gasteiger partial charge in [0.15, 0.2) is 0 Å². The van der Waals surface area contributed by atoms with E-state index in [1.165, 1.54) is 20.3 Å². The highest BCUT2D eigenvalue weighted by Crippen LogP contribution is 2.69. The summed E-state index contributed by atoms with van der Waals surface area (Å²) in [6.07, 6.45) is 8.64. The van der Waals surface area contributed by atoms with Crippen LogP contribution in [-0.2, 0) is 14.8 Å². The SMILES string of the molecule is CC[C@H]1[C@@H](O)[C@@H]2[C@H](CC[C@]3(C)[C@@H](CCCOC(=O)NS(=O)(=O)C(C)C)CC[C@@H]23)[C@@]2(C)CC[C@@H](O)C[C@@H]12. The molecule has 0 aliphatic heterocycles. The molecule has 208 valence electrons. The van der Waals surface area contributed by atoms with E-state index in [1.807, 2.05) is 4.72 Å². The maximum atomic E-state index is 11.9. The Morgan fingerprint density at radius 3 is 2.36 bits per heavy atom. The van der Waals surface area contributed by atoms with Gasteiger partial charge in [0.1, 0.15) is 0 Å². The summed E-state index contributed by atoms with van der Waals surface area (Å²) in [5.41, 5.74) is 0.391. The minimum Gasteiger partial charge on any atom is -0.449 e. The number of hydrogen-bond acceptors (Lipinski definition) is 6. The fraction of sp³-hybridized carbons (Fsp3) is 0.964. The van der Waals surface area contributed by atoms with Crippen LogP contribution >= 0.6 is 0 Å². The number of sulfonamides is 1. The molecule has 0 heterocycles. The van der Waals surface area contributed by atoms with Gasteiger partial charge in [-0.05, 0) is 118 Å². The average Bonchev–Trinajstić information content (AvgIpc) is 3.14. The van der Waals surface area contributed by atoms with Gasteiger partial charge >= 0.3 is 6.09 Å². The van der Waals surface area contributed by atoms with Crippen molar-refractivity contribution in [1.82, 2.24) is 4.72 Å². The molecule has 0 unspecified atom stereocenters. The van der Waals surface area contributed by atoms with Crippen molar-refractivity contribution in [3.05, 3.63) is 0 Å². The van der Waals surface area contributed by atoms with Crippen LogP contribution in [0.3, 0.4) is 0 Å². The lowest BCUT2D eigenvalue weighted by Crippen LogP contribution is -2.62. The van der Waals surface area contributed by atoms with Gasteiger partial charge in [0.05, 0.1) is 24.1 Å². The van der Waals surface area contributed by atoms with Gasteiger partial charge < -0.3 is 14.9 Å². The van der Waals surface area contributed by atoms with Crippen LogP contribution in [0.2, 0.25) is 0 Å². The highest BCUT2D eigenvalue weighted by molar-refractivity contribution is 7.90. The second-order valence-corrected chi connectivity index (χ2v) is 15.4. The molecule has 0 radical (unpaired) electrons. The molecule has 4 saturated carbocycles. The van der Waals surface area contributed by atoms with Crippen molar-refractivity contribution < 1.29 is 28.2 Å². The number of ether oxygens (including phenoxy) is 1. The van der Waals surface area contributed by atoms with Crippen molar-refractivity contribution in [3.63, 3.8) is 0 Å². The van der Waals surface area contributed by atoms with Crippen molar-refractivity contribution in [3.8, 4) is 0 Å². The number of fused-ring (bicyclic) bond motifs is 5. The highest BCUT2D eigenvalue weighted by Gasteiger charge is 2.64. The van der Waals surface area contributed by atoms with Crippen LogP contribution in [-0.4, -0.2) is 48.8 Å². The Balaban J connectivity index is 1.40. The van der Waals surface area contributed by atoms with Crippen LogP contribution < -0.4 is 4.72 Å². The maximum absolute atomic E-state index is 11.9. The number of carbonyl (C=O) groups excluding carboxylic acids is 1. The molecule has 10 atom stereocenters. The molecule has 0 bridgehead atoms. The minimum atomic E-state index is -3.68. The number of nitrogens with one attached hydrogen (secondary N) is 1. The van der Waals surface area contributed by atoms with Crippen molar-refractivity contribution in [2.45, 2.75) is 116 Å². The zero-order valence-corrected chi connectivity index (χ0v) is 23.7. The Kier molecular flexibility index (Phi) is 8.11. The molecule has 1 amide bonds. The normalized spacial score (nSPS) is 44.4. The molecule has 7 nitrogen and oxygen atoms in total. The second-order valence-electron chi connectivity index (χ2n) is 13.2. The highest BCUT2D eigenvalue weighted by atomic mass is 32.2. The van der Waals surface area contributed by atoms with Gasteiger partial charge in [0.25, 0.3) is 0 Å². The number of hydrogen-bond donors (Lipinski definition) is 3. The summed E-state index contributed by atoms with van der Waals surface area (Å²) in [5, 5.41) is 21.5. The van der Waals surface area contributed by atoms with E-state index in [2.05, 4.69) is 20.8 Å². The van der Waals surface area contributed by atoms with Crippen LogP contribution in [0.5, 0.6) is 0 Å². The molecule has 36 heavy (non-hydrogen) atoms. The number of aliphatic hydroxyl groups is 2. The van der Waals surface area contributed by atoms with Crippen LogP contribution in [0.1, 0.15) is 98.8 Å². The predicted octanol–water partition coefficient (Wildman–Crippen LogP) is 4.86. The standard InChI is InChI=1S/C28H49NO6S/c1-6-20-23-16-19(30)11-13-28(23,5)22-12-14-27(4)18(9-10-21(27)24(22)25(20)31)8-7-15-35-26(32)29-36(33,34)17(2)3/h17-25,30-31H,6-16H2,1-5H3,(H,29,32)/t18-,19+,20+,21-,22-,23-,24-,25+,27+,28+/m0/s1. The van der Waals surface area contributed by atoms with Crippen molar-refractivity contribution in [2.75, 3.05) is 6.61 Å². The summed E-state index contributed by atoms with van der Waals surface area (Å²) >= 11 is 0. The monoisotopic (exact) mass is 527 g/mol. The lowest BCUT2D eigenvalue weighted by molar-refractivity contribution is -0.202. The number of amides is 1. The van der Waals surface area contributed by atoms with E-state index >= 15 is 0 Å². The first-order valence-corrected chi connectivity index (χ1v) is 15.9. The first-order valence-electron chi connectivity index (χ1n) is 14.4. The quantitative estimate of drug-likeness (QED) is 0.408. The van der Waals surface area contributed by atoms with E-state index in [9.17, 15) is 23.4 Å². The van der Waals surface area contributed by atoms with Crippen molar-refractivity contribution in [1.29, 1.82) is 0 Å². The molecule has 3 N–H and O–H groups in total. The summed E-state index contributed by atoms with van der Waals surface area (Å²) < 4.78 is 30.9. The molecule has 0 aromatic rings. The molecular weight excluding hydrogens is 478 g/mol. The largest absolute Gasteiger partial charge is 0.449 e. The molecule has 4 aliphatic carbocycles. The Bertz CT molecular complexity index is 908. The average molecular weight is 528 g/mol. The van der Waals surface area contributed by atoms with Crippen molar-refractivity contribution in [2.24, 2.45) is 46.3 Å². The zero-order valence-electron chi connectivity index (χ0n) is 22.9. The van der Waals surface area contributed by atoms with Gasteiger partial charge in [-0.1, -0.05) is 27.2 Å². The van der Waals surface area contributed by atoms with E-state index in [0.29, 0.717) is 36.0 Å². The number of rotatable bonds is 7. The lowest BCUT2D eigenvalue weighted by atomic mass is 9.41. The molecule has 4 rings (SSSR count). The fourth-order valence-electron chi connectivity index (χ4n) is 9.30. The van der Waals surface area contributed by atoms with Crippen LogP contribution in [0, 0.1) is 46.3 Å². The Morgan fingerprint density at radius 1 is 1.03 bits per heavy atom. The zero-order chi connectivity index (χ0) is 26.5. The van der Waals surface area contributed by atoms with Crippen LogP contribution in [0.25, 0.3) is 0 Å². The Labute approximate surface area is 218 Å². The summed E-state index contributed by atoms with van der Waals surface area (Å²) in [6.45, 7) is 10.4. The van der Waals surface area contributed by atoms with Crippen LogP contribution in [0.15, 0.2) is 0 Å². The van der Waals surface area contributed by atoms with Gasteiger partial charge in [-0.15, -0.1) is 0 Å². The first kappa shape index (κ1) is 28.2. The molecular formula is C28H49NO6S. The van der Waals surface area contributed by atoms with Crippen LogP contribution in [0.4, 0.5) is 4.79 Å². The van der Waals surface area contributed by atoms with E-state index < -0.39 is 21.4 Å². The summed E-state index contributed by atoms with van der Waals surface area (Å²) in [5.74, 6) is 2.57. The third-order valence-electron chi connectivity index (χ3n) is 11.4. The van der Waals surface area contributed by atoms with E-state index in [0.717, 1.165) is 51.4 Å². The molecule has 0 spiro atoms. The van der Waals surface area contributed by atoms with Gasteiger partial charge in [0.2, 0.25) is 10.0 Å². The smallest absolute Gasteiger partial charge is 0.420 e. The maximum Gasteiger partial charge on any atom is 0.420 e. The van der Waals surface area contributed by atoms with Gasteiger partial charge in [0, 0.05) is 0 Å². The van der Waals surface area contributed by atoms with Gasteiger partial charge in [-0.25, -0.2) is 17.9 Å². The molecule has 4 aliphatic rings. The number of aliphatic hydroxyl groups excluding tert-OH is 2. The number of carbonyl (C=O) groups is 1. The lowest BCUT2D eigenvalue weighted by Gasteiger charge is -2.64. The van der Waals surface area contributed by atoms with E-state index in [-0.39, 0.29) is 35.6 Å². The summed E-state index contributed by atoms with van der Waals surface area (Å²) in [6, 6.07) is 0. The molecule has 0 saturated heterocycles. The topological polar surface area (TPSA) is 113 Å². The minimum absolute atomic E-state index is 0.182. The first-order chi connectivity index (χ1) is 16.8. The molecule has 0 aromatic heterocycles. The molecule has 8 heteroatoms. The second kappa shape index (κ2) is 10.4. The van der Waals surface area contributed by atoms with Crippen molar-refractivity contribution >= 4 is 16.1 Å².